The number of fused-ring (bicyclic) bond motifs is 1. The van der Waals surface area contributed by atoms with Crippen LogP contribution in [0.15, 0.2) is 5.03 Å². The summed E-state index contributed by atoms with van der Waals surface area (Å²) < 4.78 is 47.8. The van der Waals surface area contributed by atoms with Crippen molar-refractivity contribution in [2.75, 3.05) is 17.8 Å². The molecule has 0 aliphatic heterocycles. The van der Waals surface area contributed by atoms with E-state index in [2.05, 4.69) is 15.3 Å². The molecule has 122 valence electrons. The van der Waals surface area contributed by atoms with Crippen molar-refractivity contribution in [2.24, 2.45) is 5.73 Å². The molecule has 0 amide bonds. The highest BCUT2D eigenvalue weighted by Crippen LogP contribution is 2.36. The molecule has 1 aromatic heterocycles. The molecule has 22 heavy (non-hydrogen) atoms. The predicted molar refractivity (Wildman–Crippen MR) is 81.2 cm³/mol. The monoisotopic (exact) mass is 347 g/mol. The van der Waals surface area contributed by atoms with Gasteiger partial charge in [-0.15, -0.1) is 0 Å². The average molecular weight is 347 g/mol. The zero-order valence-electron chi connectivity index (χ0n) is 12.1. The van der Waals surface area contributed by atoms with Crippen LogP contribution in [0.3, 0.4) is 0 Å². The van der Waals surface area contributed by atoms with Gasteiger partial charge in [0.15, 0.2) is 30.7 Å². The van der Waals surface area contributed by atoms with Gasteiger partial charge in [0.2, 0.25) is 5.95 Å². The molecule has 1 aliphatic rings. The maximum atomic E-state index is 11.9. The molecule has 0 radical (unpaired) electrons. The van der Waals surface area contributed by atoms with Crippen LogP contribution < -0.4 is 11.1 Å². The van der Waals surface area contributed by atoms with Crippen LogP contribution in [0.2, 0.25) is 0 Å². The Hall–Kier alpha value is -1.75. The molecule has 1 aromatic rings. The molecule has 1 atom stereocenters. The van der Waals surface area contributed by atoms with Crippen LogP contribution in [0.4, 0.5) is 5.95 Å². The second kappa shape index (κ2) is 5.47. The van der Waals surface area contributed by atoms with Crippen molar-refractivity contribution < 1.29 is 16.8 Å². The Morgan fingerprint density at radius 2 is 1.91 bits per heavy atom. The fourth-order valence-electron chi connectivity index (χ4n) is 2.48. The summed E-state index contributed by atoms with van der Waals surface area (Å²) in [6.07, 6.45) is 3.38. The first-order valence-corrected chi connectivity index (χ1v) is 10.3. The lowest BCUT2D eigenvalue weighted by Gasteiger charge is -2.24. The number of nitrogens with two attached hydrogens (primary N) is 1. The second-order valence-electron chi connectivity index (χ2n) is 5.24. The van der Waals surface area contributed by atoms with Gasteiger partial charge in [0.1, 0.15) is 5.25 Å². The van der Waals surface area contributed by atoms with E-state index in [0.717, 1.165) is 12.5 Å². The minimum absolute atomic E-state index is 0.174. The van der Waals surface area contributed by atoms with Crippen LogP contribution in [0.1, 0.15) is 29.3 Å². The van der Waals surface area contributed by atoms with E-state index in [0.29, 0.717) is 24.8 Å². The minimum atomic E-state index is -3.67. The lowest BCUT2D eigenvalue weighted by atomic mass is 9.97. The van der Waals surface area contributed by atoms with Crippen molar-refractivity contribution in [1.29, 1.82) is 5.41 Å². The molecular formula is C11H17N5O4S2. The molecule has 0 saturated heterocycles. The number of guanidine groups is 1. The van der Waals surface area contributed by atoms with Gasteiger partial charge in [-0.1, -0.05) is 0 Å². The molecule has 0 fully saturated rings. The van der Waals surface area contributed by atoms with Crippen molar-refractivity contribution in [3.63, 3.8) is 0 Å². The molecule has 0 saturated carbocycles. The molecule has 1 heterocycles. The van der Waals surface area contributed by atoms with Crippen molar-refractivity contribution in [2.45, 2.75) is 29.5 Å². The number of nitrogens with one attached hydrogen (secondary N) is 2. The highest BCUT2D eigenvalue weighted by atomic mass is 32.2. The molecule has 4 N–H and O–H groups in total. The van der Waals surface area contributed by atoms with Gasteiger partial charge in [0, 0.05) is 18.1 Å². The summed E-state index contributed by atoms with van der Waals surface area (Å²) in [7, 11) is -7.11. The molecule has 0 aromatic carbocycles. The lowest BCUT2D eigenvalue weighted by molar-refractivity contribution is 0.551. The Kier molecular flexibility index (Phi) is 4.13. The molecule has 9 nitrogen and oxygen atoms in total. The zero-order valence-corrected chi connectivity index (χ0v) is 13.8. The maximum Gasteiger partial charge on any atom is 0.231 e. The largest absolute Gasteiger partial charge is 0.370 e. The van der Waals surface area contributed by atoms with Crippen LogP contribution in [0, 0.1) is 5.41 Å². The van der Waals surface area contributed by atoms with E-state index in [-0.39, 0.29) is 16.7 Å². The van der Waals surface area contributed by atoms with Crippen molar-refractivity contribution in [1.82, 2.24) is 9.97 Å². The standard InChI is InChI=1S/C11H17N5O4S2/c1-21(17,18)7-5-3-4-6-8(7)14-11(16-10(12)13)15-9(6)22(2,19)20/h7H,3-5H2,1-2H3,(H4,12,13,14,15,16). The molecular weight excluding hydrogens is 330 g/mol. The Balaban J connectivity index is 2.75. The first-order valence-electron chi connectivity index (χ1n) is 6.41. The smallest absolute Gasteiger partial charge is 0.231 e. The molecule has 0 spiro atoms. The Bertz CT molecular complexity index is 832. The average Bonchev–Trinajstić information content (AvgIpc) is 2.34. The van der Waals surface area contributed by atoms with E-state index < -0.39 is 30.9 Å². The molecule has 2 rings (SSSR count). The Labute approximate surface area is 128 Å². The van der Waals surface area contributed by atoms with E-state index >= 15 is 0 Å². The summed E-state index contributed by atoms with van der Waals surface area (Å²) in [5.41, 5.74) is 5.71. The maximum absolute atomic E-state index is 11.9. The topological polar surface area (TPSA) is 156 Å². The zero-order chi connectivity index (χ0) is 16.7. The minimum Gasteiger partial charge on any atom is -0.370 e. The number of nitrogens with zero attached hydrogens (tertiary/aromatic N) is 2. The summed E-state index contributed by atoms with van der Waals surface area (Å²) in [4.78, 5) is 7.98. The van der Waals surface area contributed by atoms with Gasteiger partial charge < -0.3 is 5.73 Å². The number of aromatic nitrogens is 2. The van der Waals surface area contributed by atoms with Crippen molar-refractivity contribution >= 4 is 31.6 Å². The summed E-state index contributed by atoms with van der Waals surface area (Å²) in [5.74, 6) is -0.659. The summed E-state index contributed by atoms with van der Waals surface area (Å²) in [6.45, 7) is 0. The van der Waals surface area contributed by atoms with E-state index in [9.17, 15) is 16.8 Å². The molecule has 0 bridgehead atoms. The van der Waals surface area contributed by atoms with Gasteiger partial charge in [-0.05, 0) is 19.3 Å². The Morgan fingerprint density at radius 3 is 2.41 bits per heavy atom. The number of hydrogen-bond acceptors (Lipinski definition) is 7. The van der Waals surface area contributed by atoms with Gasteiger partial charge >= 0.3 is 0 Å². The van der Waals surface area contributed by atoms with E-state index in [1.807, 2.05) is 0 Å². The van der Waals surface area contributed by atoms with Crippen molar-refractivity contribution in [3.05, 3.63) is 11.3 Å². The van der Waals surface area contributed by atoms with E-state index in [1.165, 1.54) is 0 Å². The van der Waals surface area contributed by atoms with Crippen molar-refractivity contribution in [3.8, 4) is 0 Å². The van der Waals surface area contributed by atoms with Crippen LogP contribution in [0.5, 0.6) is 0 Å². The highest BCUT2D eigenvalue weighted by molar-refractivity contribution is 7.91. The molecule has 1 unspecified atom stereocenters. The normalized spacial score (nSPS) is 18.5. The van der Waals surface area contributed by atoms with Crippen LogP contribution in [-0.2, 0) is 26.1 Å². The first-order chi connectivity index (χ1) is 10.00. The van der Waals surface area contributed by atoms with Crippen LogP contribution in [0.25, 0.3) is 0 Å². The fraction of sp³-hybridized carbons (Fsp3) is 0.545. The van der Waals surface area contributed by atoms with Crippen LogP contribution in [-0.4, -0.2) is 45.3 Å². The van der Waals surface area contributed by atoms with Gasteiger partial charge in [0.05, 0.1) is 5.69 Å². The second-order valence-corrected chi connectivity index (χ2v) is 9.40. The quantitative estimate of drug-likeness (QED) is 0.379. The first kappa shape index (κ1) is 16.6. The van der Waals surface area contributed by atoms with E-state index in [4.69, 9.17) is 11.1 Å². The SMILES string of the molecule is CS(=O)(=O)c1nc(NC(=N)N)nc2c1CCCC2S(C)(=O)=O. The molecule has 1 aliphatic carbocycles. The third kappa shape index (κ3) is 3.35. The summed E-state index contributed by atoms with van der Waals surface area (Å²) >= 11 is 0. The van der Waals surface area contributed by atoms with E-state index in [1.54, 1.807) is 0 Å². The highest BCUT2D eigenvalue weighted by Gasteiger charge is 2.34. The van der Waals surface area contributed by atoms with Gasteiger partial charge in [-0.3, -0.25) is 10.7 Å². The van der Waals surface area contributed by atoms with Gasteiger partial charge in [-0.2, -0.15) is 0 Å². The van der Waals surface area contributed by atoms with Crippen LogP contribution >= 0.6 is 0 Å². The summed E-state index contributed by atoms with van der Waals surface area (Å²) in [5, 5.41) is 8.41. The Morgan fingerprint density at radius 1 is 1.27 bits per heavy atom. The predicted octanol–water partition coefficient (Wildman–Crippen LogP) is -0.393. The number of rotatable bonds is 3. The summed E-state index contributed by atoms with van der Waals surface area (Å²) in [6, 6.07) is 0. The van der Waals surface area contributed by atoms with Gasteiger partial charge in [-0.25, -0.2) is 26.8 Å². The third-order valence-corrected chi connectivity index (χ3v) is 5.85. The number of sulfone groups is 2. The number of anilines is 1. The fourth-order valence-corrected chi connectivity index (χ4v) is 4.58. The lowest BCUT2D eigenvalue weighted by Crippen LogP contribution is -2.27. The molecule has 11 heteroatoms. The number of hydrogen-bond donors (Lipinski definition) is 3. The van der Waals surface area contributed by atoms with Gasteiger partial charge in [0.25, 0.3) is 0 Å². The third-order valence-electron chi connectivity index (χ3n) is 3.31.